The van der Waals surface area contributed by atoms with Gasteiger partial charge in [0.1, 0.15) is 0 Å². The first-order chi connectivity index (χ1) is 9.53. The first-order valence-corrected chi connectivity index (χ1v) is 7.93. The second kappa shape index (κ2) is 6.68. The van der Waals surface area contributed by atoms with Crippen LogP contribution < -0.4 is 5.73 Å². The molecule has 1 aliphatic heterocycles. The molecule has 0 aromatic carbocycles. The van der Waals surface area contributed by atoms with Crippen LogP contribution in [0.2, 0.25) is 0 Å². The van der Waals surface area contributed by atoms with Gasteiger partial charge in [0.05, 0.1) is 6.04 Å². The lowest BCUT2D eigenvalue weighted by atomic mass is 9.85. The molecule has 0 bridgehead atoms. The van der Waals surface area contributed by atoms with Crippen LogP contribution in [0.5, 0.6) is 0 Å². The third kappa shape index (κ3) is 3.80. The number of nitrogens with zero attached hydrogens (tertiary/aromatic N) is 2. The first-order valence-electron chi connectivity index (χ1n) is 7.93. The molecular weight excluding hydrogens is 246 g/mol. The molecule has 2 N–H and O–H groups in total. The second-order valence-electron chi connectivity index (χ2n) is 6.86. The van der Waals surface area contributed by atoms with Crippen molar-refractivity contribution in [3.8, 4) is 0 Å². The number of hydrogen-bond donors (Lipinski definition) is 1. The topological polar surface area (TPSA) is 42.1 Å². The summed E-state index contributed by atoms with van der Waals surface area (Å²) in [6.07, 6.45) is 8.64. The molecule has 0 spiro atoms. The fourth-order valence-electron chi connectivity index (χ4n) is 3.22. The van der Waals surface area contributed by atoms with E-state index in [0.29, 0.717) is 11.5 Å². The van der Waals surface area contributed by atoms with Crippen LogP contribution in [0.25, 0.3) is 0 Å². The Morgan fingerprint density at radius 2 is 2.15 bits per heavy atom. The SMILES string of the molecule is CCC(N)C(c1cccnc1)N1CCCC(C)(C)CC1. The third-order valence-corrected chi connectivity index (χ3v) is 4.67. The molecule has 112 valence electrons. The molecule has 2 rings (SSSR count). The molecule has 0 amide bonds. The Morgan fingerprint density at radius 3 is 2.80 bits per heavy atom. The molecule has 1 saturated heterocycles. The number of rotatable bonds is 4. The minimum absolute atomic E-state index is 0.181. The molecule has 1 aromatic heterocycles. The van der Waals surface area contributed by atoms with E-state index in [2.05, 4.69) is 36.7 Å². The number of aromatic nitrogens is 1. The largest absolute Gasteiger partial charge is 0.326 e. The summed E-state index contributed by atoms with van der Waals surface area (Å²) in [7, 11) is 0. The van der Waals surface area contributed by atoms with Gasteiger partial charge in [0.25, 0.3) is 0 Å². The molecular formula is C17H29N3. The zero-order valence-corrected chi connectivity index (χ0v) is 13.2. The second-order valence-corrected chi connectivity index (χ2v) is 6.86. The highest BCUT2D eigenvalue weighted by molar-refractivity contribution is 5.16. The third-order valence-electron chi connectivity index (χ3n) is 4.67. The van der Waals surface area contributed by atoms with E-state index in [1.807, 2.05) is 18.5 Å². The molecule has 0 radical (unpaired) electrons. The van der Waals surface area contributed by atoms with Crippen molar-refractivity contribution in [3.05, 3.63) is 30.1 Å². The maximum absolute atomic E-state index is 6.43. The number of likely N-dealkylation sites (tertiary alicyclic amines) is 1. The van der Waals surface area contributed by atoms with Gasteiger partial charge in [-0.1, -0.05) is 26.8 Å². The van der Waals surface area contributed by atoms with Crippen molar-refractivity contribution in [1.82, 2.24) is 9.88 Å². The summed E-state index contributed by atoms with van der Waals surface area (Å²) >= 11 is 0. The Hall–Kier alpha value is -0.930. The Bertz CT molecular complexity index is 402. The summed E-state index contributed by atoms with van der Waals surface area (Å²) in [6.45, 7) is 9.23. The van der Waals surface area contributed by atoms with Gasteiger partial charge in [-0.2, -0.15) is 0 Å². The summed E-state index contributed by atoms with van der Waals surface area (Å²) in [5.74, 6) is 0. The van der Waals surface area contributed by atoms with Crippen molar-refractivity contribution in [3.63, 3.8) is 0 Å². The lowest BCUT2D eigenvalue weighted by molar-refractivity contribution is 0.168. The van der Waals surface area contributed by atoms with E-state index in [9.17, 15) is 0 Å². The highest BCUT2D eigenvalue weighted by Gasteiger charge is 2.30. The zero-order valence-electron chi connectivity index (χ0n) is 13.2. The van der Waals surface area contributed by atoms with E-state index in [-0.39, 0.29) is 6.04 Å². The Labute approximate surface area is 123 Å². The normalized spacial score (nSPS) is 23.0. The van der Waals surface area contributed by atoms with Crippen LogP contribution in [0.3, 0.4) is 0 Å². The Balaban J connectivity index is 2.19. The number of pyridine rings is 1. The lowest BCUT2D eigenvalue weighted by Crippen LogP contribution is -2.41. The van der Waals surface area contributed by atoms with Crippen LogP contribution in [0.4, 0.5) is 0 Å². The molecule has 0 saturated carbocycles. The van der Waals surface area contributed by atoms with E-state index in [0.717, 1.165) is 19.5 Å². The van der Waals surface area contributed by atoms with Crippen LogP contribution >= 0.6 is 0 Å². The summed E-state index contributed by atoms with van der Waals surface area (Å²) in [6, 6.07) is 4.68. The van der Waals surface area contributed by atoms with Gasteiger partial charge in [-0.05, 0) is 55.8 Å². The van der Waals surface area contributed by atoms with Gasteiger partial charge in [0.2, 0.25) is 0 Å². The molecule has 3 heteroatoms. The Morgan fingerprint density at radius 1 is 1.35 bits per heavy atom. The fraction of sp³-hybridized carbons (Fsp3) is 0.706. The average Bonchev–Trinajstić information content (AvgIpc) is 2.62. The van der Waals surface area contributed by atoms with Gasteiger partial charge in [-0.3, -0.25) is 9.88 Å². The van der Waals surface area contributed by atoms with Gasteiger partial charge >= 0.3 is 0 Å². The molecule has 20 heavy (non-hydrogen) atoms. The minimum Gasteiger partial charge on any atom is -0.326 e. The molecule has 2 atom stereocenters. The molecule has 0 aliphatic carbocycles. The predicted molar refractivity (Wildman–Crippen MR) is 84.4 cm³/mol. The van der Waals surface area contributed by atoms with Crippen molar-refractivity contribution in [2.45, 2.75) is 58.5 Å². The molecule has 3 nitrogen and oxygen atoms in total. The minimum atomic E-state index is 0.181. The highest BCUT2D eigenvalue weighted by atomic mass is 15.2. The van der Waals surface area contributed by atoms with E-state index < -0.39 is 0 Å². The smallest absolute Gasteiger partial charge is 0.0514 e. The fourth-order valence-corrected chi connectivity index (χ4v) is 3.22. The Kier molecular flexibility index (Phi) is 5.17. The lowest BCUT2D eigenvalue weighted by Gasteiger charge is -2.35. The zero-order chi connectivity index (χ0) is 14.6. The monoisotopic (exact) mass is 275 g/mol. The van der Waals surface area contributed by atoms with Gasteiger partial charge in [-0.25, -0.2) is 0 Å². The van der Waals surface area contributed by atoms with Crippen molar-refractivity contribution in [2.75, 3.05) is 13.1 Å². The summed E-state index contributed by atoms with van der Waals surface area (Å²) in [5.41, 5.74) is 8.16. The maximum atomic E-state index is 6.43. The van der Waals surface area contributed by atoms with E-state index in [1.54, 1.807) is 0 Å². The van der Waals surface area contributed by atoms with Crippen molar-refractivity contribution in [2.24, 2.45) is 11.1 Å². The van der Waals surface area contributed by atoms with Crippen LogP contribution in [0, 0.1) is 5.41 Å². The van der Waals surface area contributed by atoms with E-state index >= 15 is 0 Å². The van der Waals surface area contributed by atoms with Gasteiger partial charge < -0.3 is 5.73 Å². The molecule has 1 aliphatic rings. The van der Waals surface area contributed by atoms with Gasteiger partial charge in [0, 0.05) is 18.4 Å². The predicted octanol–water partition coefficient (Wildman–Crippen LogP) is 3.37. The van der Waals surface area contributed by atoms with Crippen LogP contribution in [-0.2, 0) is 0 Å². The summed E-state index contributed by atoms with van der Waals surface area (Å²) in [5, 5.41) is 0. The van der Waals surface area contributed by atoms with E-state index in [4.69, 9.17) is 5.73 Å². The first kappa shape index (κ1) is 15.5. The standard InChI is InChI=1S/C17H29N3/c1-4-15(18)16(14-7-5-10-19-13-14)20-11-6-8-17(2,3)9-12-20/h5,7,10,13,15-16H,4,6,8-9,11-12,18H2,1-3H3. The quantitative estimate of drug-likeness (QED) is 0.916. The van der Waals surface area contributed by atoms with Crippen LogP contribution in [0.15, 0.2) is 24.5 Å². The summed E-state index contributed by atoms with van der Waals surface area (Å²) in [4.78, 5) is 6.87. The van der Waals surface area contributed by atoms with Crippen molar-refractivity contribution < 1.29 is 0 Å². The maximum Gasteiger partial charge on any atom is 0.0514 e. The van der Waals surface area contributed by atoms with Crippen LogP contribution in [0.1, 0.15) is 58.1 Å². The average molecular weight is 275 g/mol. The van der Waals surface area contributed by atoms with Crippen molar-refractivity contribution >= 4 is 0 Å². The number of hydrogen-bond acceptors (Lipinski definition) is 3. The van der Waals surface area contributed by atoms with Gasteiger partial charge in [-0.15, -0.1) is 0 Å². The molecule has 2 unspecified atom stereocenters. The van der Waals surface area contributed by atoms with Crippen molar-refractivity contribution in [1.29, 1.82) is 0 Å². The molecule has 2 heterocycles. The van der Waals surface area contributed by atoms with Gasteiger partial charge in [0.15, 0.2) is 0 Å². The number of nitrogens with two attached hydrogens (primary N) is 1. The molecule has 1 fully saturated rings. The highest BCUT2D eigenvalue weighted by Crippen LogP contribution is 2.34. The summed E-state index contributed by atoms with van der Waals surface area (Å²) < 4.78 is 0. The van der Waals surface area contributed by atoms with E-state index in [1.165, 1.54) is 24.8 Å². The van der Waals surface area contributed by atoms with Crippen LogP contribution in [-0.4, -0.2) is 29.0 Å². The molecule has 1 aromatic rings.